The standard InChI is InChI=1S/C17H26N4O3S/c1-2-24-17(23)21-8-4-14(5-9-21)19-6-3-7-20(11-10-19)16(22)15-12-25-13-18-15/h12-14H,2-11H2,1H3. The molecule has 0 bridgehead atoms. The predicted octanol–water partition coefficient (Wildman–Crippen LogP) is 1.91. The molecule has 8 heteroatoms. The van der Waals surface area contributed by atoms with Gasteiger partial charge in [-0.25, -0.2) is 9.78 Å². The van der Waals surface area contributed by atoms with Gasteiger partial charge in [-0.1, -0.05) is 0 Å². The van der Waals surface area contributed by atoms with Gasteiger partial charge in [0.1, 0.15) is 5.69 Å². The van der Waals surface area contributed by atoms with Gasteiger partial charge in [-0.15, -0.1) is 11.3 Å². The van der Waals surface area contributed by atoms with Crippen molar-refractivity contribution in [1.29, 1.82) is 0 Å². The molecule has 0 saturated carbocycles. The highest BCUT2D eigenvalue weighted by Gasteiger charge is 2.29. The number of carbonyl (C=O) groups excluding carboxylic acids is 2. The molecule has 1 aromatic heterocycles. The molecule has 0 radical (unpaired) electrons. The summed E-state index contributed by atoms with van der Waals surface area (Å²) in [6, 6.07) is 0.486. The quantitative estimate of drug-likeness (QED) is 0.818. The van der Waals surface area contributed by atoms with Gasteiger partial charge in [0.15, 0.2) is 0 Å². The van der Waals surface area contributed by atoms with Crippen LogP contribution in [-0.2, 0) is 4.74 Å². The van der Waals surface area contributed by atoms with E-state index in [9.17, 15) is 9.59 Å². The zero-order chi connectivity index (χ0) is 17.6. The van der Waals surface area contributed by atoms with E-state index in [1.54, 1.807) is 10.4 Å². The molecular weight excluding hydrogens is 340 g/mol. The van der Waals surface area contributed by atoms with E-state index < -0.39 is 0 Å². The lowest BCUT2D eigenvalue weighted by atomic mass is 10.0. The van der Waals surface area contributed by atoms with E-state index in [2.05, 4.69) is 9.88 Å². The number of hydrogen-bond acceptors (Lipinski definition) is 6. The van der Waals surface area contributed by atoms with Crippen LogP contribution in [0.1, 0.15) is 36.7 Å². The Morgan fingerprint density at radius 1 is 1.16 bits per heavy atom. The van der Waals surface area contributed by atoms with Crippen molar-refractivity contribution in [2.45, 2.75) is 32.2 Å². The molecule has 2 saturated heterocycles. The maximum Gasteiger partial charge on any atom is 0.409 e. The lowest BCUT2D eigenvalue weighted by molar-refractivity contribution is 0.0702. The SMILES string of the molecule is CCOC(=O)N1CCC(N2CCCN(C(=O)c3cscn3)CC2)CC1. The van der Waals surface area contributed by atoms with E-state index in [1.807, 2.05) is 17.2 Å². The molecule has 2 aliphatic rings. The van der Waals surface area contributed by atoms with Gasteiger partial charge in [0.25, 0.3) is 5.91 Å². The van der Waals surface area contributed by atoms with Crippen LogP contribution in [0.25, 0.3) is 0 Å². The maximum absolute atomic E-state index is 12.5. The fourth-order valence-electron chi connectivity index (χ4n) is 3.61. The van der Waals surface area contributed by atoms with Crippen molar-refractivity contribution in [2.75, 3.05) is 45.9 Å². The number of aromatic nitrogens is 1. The average Bonchev–Trinajstić information content (AvgIpc) is 3.06. The van der Waals surface area contributed by atoms with Crippen LogP contribution in [0.4, 0.5) is 4.79 Å². The second-order valence-electron chi connectivity index (χ2n) is 6.47. The van der Waals surface area contributed by atoms with Crippen LogP contribution < -0.4 is 0 Å². The van der Waals surface area contributed by atoms with Crippen LogP contribution in [0, 0.1) is 0 Å². The Morgan fingerprint density at radius 3 is 2.64 bits per heavy atom. The van der Waals surface area contributed by atoms with Crippen molar-refractivity contribution >= 4 is 23.3 Å². The predicted molar refractivity (Wildman–Crippen MR) is 95.8 cm³/mol. The molecule has 2 fully saturated rings. The van der Waals surface area contributed by atoms with Crippen molar-refractivity contribution in [3.8, 4) is 0 Å². The zero-order valence-corrected chi connectivity index (χ0v) is 15.5. The first-order valence-electron chi connectivity index (χ1n) is 9.02. The second kappa shape index (κ2) is 8.62. The van der Waals surface area contributed by atoms with Crippen molar-refractivity contribution in [3.05, 3.63) is 16.6 Å². The summed E-state index contributed by atoms with van der Waals surface area (Å²) in [5.74, 6) is 0.0419. The van der Waals surface area contributed by atoms with Crippen molar-refractivity contribution in [3.63, 3.8) is 0 Å². The van der Waals surface area contributed by atoms with Crippen LogP contribution >= 0.6 is 11.3 Å². The highest BCUT2D eigenvalue weighted by atomic mass is 32.1. The molecule has 0 aromatic carbocycles. The largest absolute Gasteiger partial charge is 0.450 e. The normalized spacial score (nSPS) is 20.4. The summed E-state index contributed by atoms with van der Waals surface area (Å²) in [5, 5.41) is 1.82. The molecule has 25 heavy (non-hydrogen) atoms. The molecular formula is C17H26N4O3S. The number of thiazole rings is 1. The number of rotatable bonds is 3. The Hall–Kier alpha value is -1.67. The van der Waals surface area contributed by atoms with E-state index in [-0.39, 0.29) is 12.0 Å². The van der Waals surface area contributed by atoms with Crippen molar-refractivity contribution in [2.24, 2.45) is 0 Å². The summed E-state index contributed by atoms with van der Waals surface area (Å²) in [5.41, 5.74) is 2.26. The van der Waals surface area contributed by atoms with Crippen LogP contribution in [0.3, 0.4) is 0 Å². The topological polar surface area (TPSA) is 66.0 Å². The summed E-state index contributed by atoms with van der Waals surface area (Å²) in [7, 11) is 0. The minimum absolute atomic E-state index is 0.0419. The Kier molecular flexibility index (Phi) is 6.25. The van der Waals surface area contributed by atoms with E-state index in [0.717, 1.165) is 58.5 Å². The molecule has 0 atom stereocenters. The first-order valence-corrected chi connectivity index (χ1v) is 9.96. The summed E-state index contributed by atoms with van der Waals surface area (Å²) < 4.78 is 5.08. The van der Waals surface area contributed by atoms with Gasteiger partial charge in [-0.2, -0.15) is 0 Å². The van der Waals surface area contributed by atoms with Gasteiger partial charge in [0.2, 0.25) is 0 Å². The highest BCUT2D eigenvalue weighted by Crippen LogP contribution is 2.19. The molecule has 7 nitrogen and oxygen atoms in total. The van der Waals surface area contributed by atoms with Crippen LogP contribution in [0.2, 0.25) is 0 Å². The average molecular weight is 366 g/mol. The molecule has 3 rings (SSSR count). The third-order valence-corrected chi connectivity index (χ3v) is 5.56. The van der Waals surface area contributed by atoms with Crippen LogP contribution in [0.5, 0.6) is 0 Å². The van der Waals surface area contributed by atoms with Crippen LogP contribution in [0.15, 0.2) is 10.9 Å². The fraction of sp³-hybridized carbons (Fsp3) is 0.706. The molecule has 2 amide bonds. The third-order valence-electron chi connectivity index (χ3n) is 4.98. The van der Waals surface area contributed by atoms with Gasteiger partial charge >= 0.3 is 6.09 Å². The summed E-state index contributed by atoms with van der Waals surface area (Å²) in [6.45, 7) is 7.19. The first-order chi connectivity index (χ1) is 12.2. The smallest absolute Gasteiger partial charge is 0.409 e. The Labute approximate surface area is 152 Å². The van der Waals surface area contributed by atoms with Gasteiger partial charge < -0.3 is 14.5 Å². The van der Waals surface area contributed by atoms with Gasteiger partial charge in [0, 0.05) is 50.7 Å². The number of ether oxygens (including phenoxy) is 1. The van der Waals surface area contributed by atoms with Gasteiger partial charge in [-0.05, 0) is 26.2 Å². The van der Waals surface area contributed by atoms with E-state index in [1.165, 1.54) is 11.3 Å². The molecule has 0 aliphatic carbocycles. The number of carbonyl (C=O) groups is 2. The molecule has 138 valence electrons. The number of piperidine rings is 1. The van der Waals surface area contributed by atoms with Crippen molar-refractivity contribution in [1.82, 2.24) is 19.7 Å². The molecule has 3 heterocycles. The zero-order valence-electron chi connectivity index (χ0n) is 14.7. The van der Waals surface area contributed by atoms with Crippen molar-refractivity contribution < 1.29 is 14.3 Å². The highest BCUT2D eigenvalue weighted by molar-refractivity contribution is 7.07. The number of amides is 2. The Balaban J connectivity index is 1.49. The number of hydrogen-bond donors (Lipinski definition) is 0. The maximum atomic E-state index is 12.5. The minimum atomic E-state index is -0.197. The third kappa shape index (κ3) is 4.49. The second-order valence-corrected chi connectivity index (χ2v) is 7.19. The van der Waals surface area contributed by atoms with Gasteiger partial charge in [-0.3, -0.25) is 9.69 Å². The number of nitrogens with zero attached hydrogens (tertiary/aromatic N) is 4. The monoisotopic (exact) mass is 366 g/mol. The van der Waals surface area contributed by atoms with Crippen LogP contribution in [-0.4, -0.2) is 83.6 Å². The Morgan fingerprint density at radius 2 is 1.96 bits per heavy atom. The molecule has 2 aliphatic heterocycles. The molecule has 0 unspecified atom stereocenters. The van der Waals surface area contributed by atoms with Gasteiger partial charge in [0.05, 0.1) is 12.1 Å². The van der Waals surface area contributed by atoms with E-state index >= 15 is 0 Å². The van der Waals surface area contributed by atoms with E-state index in [0.29, 0.717) is 18.3 Å². The molecule has 1 aromatic rings. The summed E-state index contributed by atoms with van der Waals surface area (Å²) in [4.78, 5) is 34.6. The van der Waals surface area contributed by atoms with E-state index in [4.69, 9.17) is 4.74 Å². The number of likely N-dealkylation sites (tertiary alicyclic amines) is 1. The lowest BCUT2D eigenvalue weighted by Gasteiger charge is -2.37. The molecule has 0 spiro atoms. The summed E-state index contributed by atoms with van der Waals surface area (Å²) in [6.07, 6.45) is 2.72. The lowest BCUT2D eigenvalue weighted by Crippen LogP contribution is -2.48. The molecule has 0 N–H and O–H groups in total. The first kappa shape index (κ1) is 18.1. The fourth-order valence-corrected chi connectivity index (χ4v) is 4.14. The minimum Gasteiger partial charge on any atom is -0.450 e. The Bertz CT molecular complexity index is 572. The summed E-state index contributed by atoms with van der Waals surface area (Å²) >= 11 is 1.45.